The van der Waals surface area contributed by atoms with Gasteiger partial charge in [-0.3, -0.25) is 4.79 Å². The quantitative estimate of drug-likeness (QED) is 0.666. The summed E-state index contributed by atoms with van der Waals surface area (Å²) in [6.07, 6.45) is 2.00. The lowest BCUT2D eigenvalue weighted by Crippen LogP contribution is -2.27. The lowest BCUT2D eigenvalue weighted by atomic mass is 10.1. The van der Waals surface area contributed by atoms with Crippen molar-refractivity contribution in [2.75, 3.05) is 0 Å². The molecule has 0 aliphatic heterocycles. The van der Waals surface area contributed by atoms with Crippen molar-refractivity contribution in [3.63, 3.8) is 0 Å². The largest absolute Gasteiger partial charge is 0.344 e. The molecule has 102 valence electrons. The predicted octanol–water partition coefficient (Wildman–Crippen LogP) is 5.61. The molecule has 0 bridgehead atoms. The third-order valence-electron chi connectivity index (χ3n) is 2.64. The van der Waals surface area contributed by atoms with Crippen LogP contribution in [0.5, 0.6) is 0 Å². The molecule has 0 aliphatic carbocycles. The van der Waals surface area contributed by atoms with E-state index in [1.54, 1.807) is 11.3 Å². The van der Waals surface area contributed by atoms with Gasteiger partial charge in [-0.25, -0.2) is 0 Å². The monoisotopic (exact) mass is 421 g/mol. The second-order valence-electron chi connectivity index (χ2n) is 4.06. The van der Waals surface area contributed by atoms with Gasteiger partial charge in [0, 0.05) is 9.35 Å². The number of amides is 1. The number of hydrogen-bond acceptors (Lipinski definition) is 3. The van der Waals surface area contributed by atoms with Crippen LogP contribution < -0.4 is 5.32 Å². The molecule has 0 radical (unpaired) electrons. The summed E-state index contributed by atoms with van der Waals surface area (Å²) in [6.45, 7) is 2.13. The SMILES string of the molecule is CCCC(NC(=O)c1cc(Br)c(Br)s1)c1cccs1. The van der Waals surface area contributed by atoms with Crippen LogP contribution in [0.4, 0.5) is 0 Å². The number of rotatable bonds is 5. The van der Waals surface area contributed by atoms with Crippen molar-refractivity contribution in [3.05, 3.63) is 41.6 Å². The van der Waals surface area contributed by atoms with Gasteiger partial charge in [0.1, 0.15) is 0 Å². The van der Waals surface area contributed by atoms with Gasteiger partial charge in [0.05, 0.1) is 14.7 Å². The Morgan fingerprint density at radius 3 is 2.79 bits per heavy atom. The molecule has 1 atom stereocenters. The zero-order chi connectivity index (χ0) is 13.8. The minimum Gasteiger partial charge on any atom is -0.344 e. The van der Waals surface area contributed by atoms with E-state index in [4.69, 9.17) is 0 Å². The number of carbonyl (C=O) groups is 1. The molecule has 0 aliphatic rings. The van der Waals surface area contributed by atoms with Crippen LogP contribution in [-0.2, 0) is 0 Å². The van der Waals surface area contributed by atoms with Crippen molar-refractivity contribution in [3.8, 4) is 0 Å². The van der Waals surface area contributed by atoms with Gasteiger partial charge in [0.15, 0.2) is 0 Å². The smallest absolute Gasteiger partial charge is 0.261 e. The maximum absolute atomic E-state index is 12.3. The first-order valence-corrected chi connectivity index (χ1v) is 9.19. The number of hydrogen-bond donors (Lipinski definition) is 1. The van der Waals surface area contributed by atoms with E-state index in [0.717, 1.165) is 26.0 Å². The van der Waals surface area contributed by atoms with Crippen LogP contribution in [0.2, 0.25) is 0 Å². The molecule has 0 saturated heterocycles. The van der Waals surface area contributed by atoms with Crippen LogP contribution in [-0.4, -0.2) is 5.91 Å². The van der Waals surface area contributed by atoms with E-state index in [1.807, 2.05) is 17.5 Å². The molecule has 19 heavy (non-hydrogen) atoms. The van der Waals surface area contributed by atoms with Crippen molar-refractivity contribution in [1.29, 1.82) is 0 Å². The van der Waals surface area contributed by atoms with Crippen LogP contribution in [0.25, 0.3) is 0 Å². The van der Waals surface area contributed by atoms with Gasteiger partial charge in [0.2, 0.25) is 0 Å². The Hall–Kier alpha value is -0.170. The summed E-state index contributed by atoms with van der Waals surface area (Å²) in [7, 11) is 0. The Labute approximate surface area is 137 Å². The average molecular weight is 423 g/mol. The van der Waals surface area contributed by atoms with Crippen molar-refractivity contribution >= 4 is 60.4 Å². The summed E-state index contributed by atoms with van der Waals surface area (Å²) in [5.41, 5.74) is 0. The highest BCUT2D eigenvalue weighted by atomic mass is 79.9. The summed E-state index contributed by atoms with van der Waals surface area (Å²) in [4.78, 5) is 14.2. The molecule has 0 fully saturated rings. The Morgan fingerprint density at radius 2 is 2.26 bits per heavy atom. The highest BCUT2D eigenvalue weighted by Gasteiger charge is 2.18. The van der Waals surface area contributed by atoms with Crippen molar-refractivity contribution < 1.29 is 4.79 Å². The fraction of sp³-hybridized carbons (Fsp3) is 0.308. The normalized spacial score (nSPS) is 12.4. The zero-order valence-electron chi connectivity index (χ0n) is 10.3. The molecule has 2 nitrogen and oxygen atoms in total. The van der Waals surface area contributed by atoms with Gasteiger partial charge in [-0.05, 0) is 55.8 Å². The number of nitrogens with one attached hydrogen (secondary N) is 1. The van der Waals surface area contributed by atoms with E-state index in [1.165, 1.54) is 16.2 Å². The second-order valence-corrected chi connectivity index (χ2v) is 8.27. The molecule has 2 heterocycles. The minimum absolute atomic E-state index is 0.0109. The highest BCUT2D eigenvalue weighted by Crippen LogP contribution is 2.33. The molecule has 0 saturated carbocycles. The first kappa shape index (κ1) is 15.2. The van der Waals surface area contributed by atoms with Crippen LogP contribution in [0.15, 0.2) is 31.8 Å². The summed E-state index contributed by atoms with van der Waals surface area (Å²) in [6, 6.07) is 6.05. The standard InChI is InChI=1S/C13H13Br2NOS2/c1-2-4-9(10-5-3-6-18-10)16-13(17)11-7-8(14)12(15)19-11/h3,5-7,9H,2,4H2,1H3,(H,16,17). The average Bonchev–Trinajstić information content (AvgIpc) is 3.00. The third kappa shape index (κ3) is 3.90. The van der Waals surface area contributed by atoms with Gasteiger partial charge < -0.3 is 5.32 Å². The molecule has 1 unspecified atom stereocenters. The summed E-state index contributed by atoms with van der Waals surface area (Å²) >= 11 is 9.95. The van der Waals surface area contributed by atoms with Crippen molar-refractivity contribution in [2.24, 2.45) is 0 Å². The molecule has 2 aromatic rings. The Kier molecular flexibility index (Phi) is 5.62. The van der Waals surface area contributed by atoms with E-state index in [2.05, 4.69) is 50.2 Å². The van der Waals surface area contributed by atoms with Crippen LogP contribution in [0.1, 0.15) is 40.4 Å². The van der Waals surface area contributed by atoms with Gasteiger partial charge >= 0.3 is 0 Å². The first-order chi connectivity index (χ1) is 9.11. The molecule has 0 spiro atoms. The third-order valence-corrected chi connectivity index (χ3v) is 6.88. The Morgan fingerprint density at radius 1 is 1.47 bits per heavy atom. The van der Waals surface area contributed by atoms with Crippen LogP contribution in [0.3, 0.4) is 0 Å². The minimum atomic E-state index is -0.0109. The molecule has 1 amide bonds. The highest BCUT2D eigenvalue weighted by molar-refractivity contribution is 9.13. The molecule has 2 rings (SSSR count). The second kappa shape index (κ2) is 7.02. The lowest BCUT2D eigenvalue weighted by molar-refractivity contribution is 0.0939. The summed E-state index contributed by atoms with van der Waals surface area (Å²) in [5, 5.41) is 5.16. The molecule has 6 heteroatoms. The van der Waals surface area contributed by atoms with Gasteiger partial charge in [-0.1, -0.05) is 19.4 Å². The van der Waals surface area contributed by atoms with Crippen molar-refractivity contribution in [1.82, 2.24) is 5.32 Å². The van der Waals surface area contributed by atoms with E-state index >= 15 is 0 Å². The lowest BCUT2D eigenvalue weighted by Gasteiger charge is -2.16. The maximum Gasteiger partial charge on any atom is 0.261 e. The number of carbonyl (C=O) groups excluding carboxylic acids is 1. The van der Waals surface area contributed by atoms with E-state index in [9.17, 15) is 4.79 Å². The fourth-order valence-electron chi connectivity index (χ4n) is 1.75. The summed E-state index contributed by atoms with van der Waals surface area (Å²) < 4.78 is 1.87. The molecular formula is C13H13Br2NOS2. The van der Waals surface area contributed by atoms with Gasteiger partial charge in [-0.15, -0.1) is 22.7 Å². The van der Waals surface area contributed by atoms with E-state index in [-0.39, 0.29) is 11.9 Å². The zero-order valence-corrected chi connectivity index (χ0v) is 15.1. The van der Waals surface area contributed by atoms with Crippen LogP contribution in [0, 0.1) is 0 Å². The molecular weight excluding hydrogens is 410 g/mol. The first-order valence-electron chi connectivity index (χ1n) is 5.91. The maximum atomic E-state index is 12.3. The number of thiophene rings is 2. The number of halogens is 2. The molecule has 1 N–H and O–H groups in total. The van der Waals surface area contributed by atoms with E-state index in [0.29, 0.717) is 0 Å². The fourth-order valence-corrected chi connectivity index (χ4v) is 4.50. The van der Waals surface area contributed by atoms with Gasteiger partial charge in [0.25, 0.3) is 5.91 Å². The Bertz CT molecular complexity index is 531. The predicted molar refractivity (Wildman–Crippen MR) is 89.2 cm³/mol. The van der Waals surface area contributed by atoms with Crippen molar-refractivity contribution in [2.45, 2.75) is 25.8 Å². The van der Waals surface area contributed by atoms with E-state index < -0.39 is 0 Å². The summed E-state index contributed by atoms with van der Waals surface area (Å²) in [5.74, 6) is -0.0109. The van der Waals surface area contributed by atoms with Gasteiger partial charge in [-0.2, -0.15) is 0 Å². The Balaban J connectivity index is 2.11. The van der Waals surface area contributed by atoms with Crippen LogP contribution >= 0.6 is 54.5 Å². The molecule has 0 aromatic carbocycles. The topological polar surface area (TPSA) is 29.1 Å². The molecule has 2 aromatic heterocycles.